The van der Waals surface area contributed by atoms with Crippen molar-refractivity contribution < 1.29 is 14.3 Å². The predicted octanol–water partition coefficient (Wildman–Crippen LogP) is 2.91. The third kappa shape index (κ3) is 4.56. The van der Waals surface area contributed by atoms with Gasteiger partial charge in [-0.25, -0.2) is 4.79 Å². The summed E-state index contributed by atoms with van der Waals surface area (Å²) in [7, 11) is 0. The number of carbonyl (C=O) groups is 2. The molecule has 0 unspecified atom stereocenters. The van der Waals surface area contributed by atoms with Crippen LogP contribution >= 0.6 is 0 Å². The lowest BCUT2D eigenvalue weighted by Gasteiger charge is -2.04. The number of aromatic nitrogens is 1. The van der Waals surface area contributed by atoms with Gasteiger partial charge in [-0.3, -0.25) is 9.78 Å². The second-order valence-corrected chi connectivity index (χ2v) is 4.38. The number of rotatable bonds is 5. The van der Waals surface area contributed by atoms with E-state index in [0.29, 0.717) is 23.6 Å². The van der Waals surface area contributed by atoms with Gasteiger partial charge in [0.2, 0.25) is 5.91 Å². The van der Waals surface area contributed by atoms with E-state index < -0.39 is 0 Å². The minimum absolute atomic E-state index is 0.269. The van der Waals surface area contributed by atoms with Gasteiger partial charge in [0.25, 0.3) is 0 Å². The Hall–Kier alpha value is -2.95. The van der Waals surface area contributed by atoms with Crippen LogP contribution in [-0.2, 0) is 9.53 Å². The zero-order valence-corrected chi connectivity index (χ0v) is 12.2. The third-order valence-electron chi connectivity index (χ3n) is 2.76. The van der Waals surface area contributed by atoms with Crippen molar-refractivity contribution in [2.24, 2.45) is 0 Å². The molecular weight excluding hydrogens is 280 g/mol. The van der Waals surface area contributed by atoms with E-state index in [-0.39, 0.29) is 11.9 Å². The van der Waals surface area contributed by atoms with E-state index in [1.165, 1.54) is 6.08 Å². The lowest BCUT2D eigenvalue weighted by Crippen LogP contribution is -2.09. The van der Waals surface area contributed by atoms with Crippen LogP contribution in [0.2, 0.25) is 0 Å². The number of pyridine rings is 1. The highest BCUT2D eigenvalue weighted by atomic mass is 16.5. The first-order valence-electron chi connectivity index (χ1n) is 6.86. The van der Waals surface area contributed by atoms with Crippen molar-refractivity contribution in [1.82, 2.24) is 4.98 Å². The van der Waals surface area contributed by atoms with Gasteiger partial charge in [0.05, 0.1) is 17.9 Å². The number of nitrogens with zero attached hydrogens (tertiary/aromatic N) is 1. The van der Waals surface area contributed by atoms with Crippen LogP contribution < -0.4 is 5.32 Å². The fourth-order valence-corrected chi connectivity index (χ4v) is 1.72. The Kier molecular flexibility index (Phi) is 5.43. The molecule has 1 aromatic carbocycles. The van der Waals surface area contributed by atoms with Crippen molar-refractivity contribution in [2.75, 3.05) is 11.9 Å². The Morgan fingerprint density at radius 2 is 1.95 bits per heavy atom. The Morgan fingerprint density at radius 3 is 2.59 bits per heavy atom. The lowest BCUT2D eigenvalue weighted by molar-refractivity contribution is -0.111. The number of carbonyl (C=O) groups excluding carboxylic acids is 2. The van der Waals surface area contributed by atoms with Crippen molar-refractivity contribution in [3.63, 3.8) is 0 Å². The Balaban J connectivity index is 1.94. The molecule has 1 amide bonds. The van der Waals surface area contributed by atoms with Crippen molar-refractivity contribution in [1.29, 1.82) is 0 Å². The normalized spacial score (nSPS) is 10.4. The van der Waals surface area contributed by atoms with Crippen LogP contribution in [-0.4, -0.2) is 23.5 Å². The molecule has 5 nitrogen and oxygen atoms in total. The minimum atomic E-state index is -0.379. The van der Waals surface area contributed by atoms with E-state index in [2.05, 4.69) is 10.3 Å². The standard InChI is InChI=1S/C17H16N2O3/c1-2-22-17(21)13-6-8-15(9-7-13)19-16(20)11-10-14-5-3-4-12-18-14/h3-12H,2H2,1H3,(H,19,20)/b11-10+. The van der Waals surface area contributed by atoms with E-state index in [4.69, 9.17) is 4.74 Å². The van der Waals surface area contributed by atoms with Crippen molar-refractivity contribution in [3.8, 4) is 0 Å². The Morgan fingerprint density at radius 1 is 1.18 bits per heavy atom. The fourth-order valence-electron chi connectivity index (χ4n) is 1.72. The molecule has 0 aliphatic heterocycles. The summed E-state index contributed by atoms with van der Waals surface area (Å²) in [5.41, 5.74) is 1.75. The second-order valence-electron chi connectivity index (χ2n) is 4.38. The molecule has 5 heteroatoms. The molecule has 0 bridgehead atoms. The highest BCUT2D eigenvalue weighted by molar-refractivity contribution is 6.02. The number of amides is 1. The molecule has 0 radical (unpaired) electrons. The van der Waals surface area contributed by atoms with Crippen LogP contribution in [0.25, 0.3) is 6.08 Å². The number of benzene rings is 1. The average Bonchev–Trinajstić information content (AvgIpc) is 2.55. The molecular formula is C17H16N2O3. The molecule has 0 spiro atoms. The van der Waals surface area contributed by atoms with Crippen LogP contribution in [0.4, 0.5) is 5.69 Å². The molecule has 22 heavy (non-hydrogen) atoms. The van der Waals surface area contributed by atoms with E-state index in [1.807, 2.05) is 12.1 Å². The van der Waals surface area contributed by atoms with Gasteiger partial charge in [0, 0.05) is 18.0 Å². The van der Waals surface area contributed by atoms with Crippen LogP contribution in [0, 0.1) is 0 Å². The maximum absolute atomic E-state index is 11.8. The number of anilines is 1. The number of esters is 1. The first-order chi connectivity index (χ1) is 10.7. The molecule has 0 fully saturated rings. The largest absolute Gasteiger partial charge is 0.462 e. The van der Waals surface area contributed by atoms with Gasteiger partial charge >= 0.3 is 5.97 Å². The van der Waals surface area contributed by atoms with E-state index in [9.17, 15) is 9.59 Å². The highest BCUT2D eigenvalue weighted by Crippen LogP contribution is 2.11. The van der Waals surface area contributed by atoms with Crippen LogP contribution in [0.5, 0.6) is 0 Å². The Bertz CT molecular complexity index is 664. The molecule has 0 saturated heterocycles. The summed E-state index contributed by atoms with van der Waals surface area (Å²) in [6.45, 7) is 2.08. The summed E-state index contributed by atoms with van der Waals surface area (Å²) in [5, 5.41) is 2.70. The summed E-state index contributed by atoms with van der Waals surface area (Å²) >= 11 is 0. The quantitative estimate of drug-likeness (QED) is 0.680. The van der Waals surface area contributed by atoms with Crippen molar-refractivity contribution in [2.45, 2.75) is 6.92 Å². The van der Waals surface area contributed by atoms with E-state index in [0.717, 1.165) is 0 Å². The van der Waals surface area contributed by atoms with Crippen LogP contribution in [0.1, 0.15) is 23.0 Å². The number of nitrogens with one attached hydrogen (secondary N) is 1. The molecule has 0 atom stereocenters. The first kappa shape index (κ1) is 15.4. The molecule has 112 valence electrons. The molecule has 0 aliphatic carbocycles. The van der Waals surface area contributed by atoms with Gasteiger partial charge in [0.1, 0.15) is 0 Å². The summed E-state index contributed by atoms with van der Waals surface area (Å²) in [6.07, 6.45) is 4.69. The minimum Gasteiger partial charge on any atom is -0.462 e. The third-order valence-corrected chi connectivity index (χ3v) is 2.76. The van der Waals surface area contributed by atoms with Crippen LogP contribution in [0.3, 0.4) is 0 Å². The smallest absolute Gasteiger partial charge is 0.338 e. The zero-order chi connectivity index (χ0) is 15.8. The van der Waals surface area contributed by atoms with Gasteiger partial charge < -0.3 is 10.1 Å². The SMILES string of the molecule is CCOC(=O)c1ccc(NC(=O)/C=C/c2ccccn2)cc1. The van der Waals surface area contributed by atoms with E-state index >= 15 is 0 Å². The summed E-state index contributed by atoms with van der Waals surface area (Å²) in [5.74, 6) is -0.648. The predicted molar refractivity (Wildman–Crippen MR) is 84.3 cm³/mol. The molecule has 1 N–H and O–H groups in total. The Labute approximate surface area is 128 Å². The van der Waals surface area contributed by atoms with Gasteiger partial charge in [-0.2, -0.15) is 0 Å². The lowest BCUT2D eigenvalue weighted by atomic mass is 10.2. The molecule has 2 rings (SSSR count). The molecule has 2 aromatic rings. The maximum Gasteiger partial charge on any atom is 0.338 e. The number of hydrogen-bond donors (Lipinski definition) is 1. The fraction of sp³-hybridized carbons (Fsp3) is 0.118. The molecule has 1 aromatic heterocycles. The summed E-state index contributed by atoms with van der Waals surface area (Å²) < 4.78 is 4.89. The number of ether oxygens (including phenoxy) is 1. The topological polar surface area (TPSA) is 68.3 Å². The van der Waals surface area contributed by atoms with Gasteiger partial charge in [-0.15, -0.1) is 0 Å². The molecule has 0 aliphatic rings. The molecule has 1 heterocycles. The average molecular weight is 296 g/mol. The van der Waals surface area contributed by atoms with Gasteiger partial charge in [0.15, 0.2) is 0 Å². The highest BCUT2D eigenvalue weighted by Gasteiger charge is 2.06. The molecule has 0 saturated carbocycles. The van der Waals surface area contributed by atoms with Crippen LogP contribution in [0.15, 0.2) is 54.7 Å². The summed E-state index contributed by atoms with van der Waals surface area (Å²) in [4.78, 5) is 27.4. The van der Waals surface area contributed by atoms with Gasteiger partial charge in [-0.1, -0.05) is 6.07 Å². The second kappa shape index (κ2) is 7.73. The van der Waals surface area contributed by atoms with Crippen molar-refractivity contribution >= 4 is 23.6 Å². The number of hydrogen-bond acceptors (Lipinski definition) is 4. The monoisotopic (exact) mass is 296 g/mol. The van der Waals surface area contributed by atoms with E-state index in [1.54, 1.807) is 49.5 Å². The van der Waals surface area contributed by atoms with Gasteiger partial charge in [-0.05, 0) is 49.4 Å². The first-order valence-corrected chi connectivity index (χ1v) is 6.86. The summed E-state index contributed by atoms with van der Waals surface area (Å²) in [6, 6.07) is 12.0. The zero-order valence-electron chi connectivity index (χ0n) is 12.2. The van der Waals surface area contributed by atoms with Crippen molar-refractivity contribution in [3.05, 3.63) is 66.0 Å². The maximum atomic E-state index is 11.8.